The van der Waals surface area contributed by atoms with E-state index in [0.29, 0.717) is 11.3 Å². The van der Waals surface area contributed by atoms with Gasteiger partial charge >= 0.3 is 5.97 Å². The lowest BCUT2D eigenvalue weighted by Crippen LogP contribution is -1.99. The van der Waals surface area contributed by atoms with Crippen LogP contribution in [0.2, 0.25) is 0 Å². The number of carbonyl (C=O) groups is 1. The number of aromatic carboxylic acids is 1. The van der Waals surface area contributed by atoms with Crippen molar-refractivity contribution in [2.45, 2.75) is 13.8 Å². The number of hydrogen-bond donors (Lipinski definition) is 2. The highest BCUT2D eigenvalue weighted by atomic mass is 16.4. The van der Waals surface area contributed by atoms with Gasteiger partial charge in [-0.2, -0.15) is 0 Å². The molecule has 0 bridgehead atoms. The van der Waals surface area contributed by atoms with Gasteiger partial charge in [-0.05, 0) is 43.2 Å². The Labute approximate surface area is 118 Å². The van der Waals surface area contributed by atoms with Crippen molar-refractivity contribution in [1.29, 1.82) is 0 Å². The highest BCUT2D eigenvalue weighted by molar-refractivity contribution is 5.89. The first-order chi connectivity index (χ1) is 9.49. The fourth-order valence-electron chi connectivity index (χ4n) is 1.95. The molecule has 0 saturated heterocycles. The predicted octanol–water partition coefficient (Wildman–Crippen LogP) is 2.98. The molecule has 0 unspecified atom stereocenters. The molecule has 0 fully saturated rings. The van der Waals surface area contributed by atoms with Crippen molar-refractivity contribution in [3.8, 4) is 11.8 Å². The van der Waals surface area contributed by atoms with Gasteiger partial charge < -0.3 is 10.8 Å². The zero-order chi connectivity index (χ0) is 14.7. The number of rotatable bonds is 1. The molecule has 3 nitrogen and oxygen atoms in total. The predicted molar refractivity (Wildman–Crippen MR) is 79.7 cm³/mol. The smallest absolute Gasteiger partial charge is 0.335 e. The average Bonchev–Trinajstić information content (AvgIpc) is 2.39. The fraction of sp³-hybridized carbons (Fsp3) is 0.118. The zero-order valence-electron chi connectivity index (χ0n) is 11.4. The number of carboxylic acids is 1. The summed E-state index contributed by atoms with van der Waals surface area (Å²) >= 11 is 0. The number of aryl methyl sites for hydroxylation is 2. The van der Waals surface area contributed by atoms with Gasteiger partial charge in [-0.15, -0.1) is 0 Å². The number of nitrogen functional groups attached to an aromatic ring is 1. The van der Waals surface area contributed by atoms with Gasteiger partial charge in [0.05, 0.1) is 5.56 Å². The van der Waals surface area contributed by atoms with Crippen molar-refractivity contribution in [3.05, 3.63) is 64.2 Å². The van der Waals surface area contributed by atoms with Crippen LogP contribution in [0.1, 0.15) is 32.6 Å². The Balaban J connectivity index is 2.41. The highest BCUT2D eigenvalue weighted by Gasteiger charge is 2.05. The third-order valence-corrected chi connectivity index (χ3v) is 3.10. The molecule has 100 valence electrons. The molecular weight excluding hydrogens is 250 g/mol. The van der Waals surface area contributed by atoms with E-state index in [-0.39, 0.29) is 5.56 Å². The molecule has 3 N–H and O–H groups in total. The molecule has 0 saturated carbocycles. The maximum absolute atomic E-state index is 10.8. The lowest BCUT2D eigenvalue weighted by molar-refractivity contribution is 0.0697. The molecule has 0 aliphatic carbocycles. The van der Waals surface area contributed by atoms with Crippen LogP contribution in [0.25, 0.3) is 0 Å². The molecule has 0 amide bonds. The summed E-state index contributed by atoms with van der Waals surface area (Å²) in [6.07, 6.45) is 0. The van der Waals surface area contributed by atoms with Crippen LogP contribution >= 0.6 is 0 Å². The van der Waals surface area contributed by atoms with Gasteiger partial charge in [-0.1, -0.05) is 30.0 Å². The second kappa shape index (κ2) is 5.50. The van der Waals surface area contributed by atoms with Crippen molar-refractivity contribution in [3.63, 3.8) is 0 Å². The van der Waals surface area contributed by atoms with Crippen LogP contribution in [-0.4, -0.2) is 11.1 Å². The van der Waals surface area contributed by atoms with Gasteiger partial charge in [0.15, 0.2) is 0 Å². The highest BCUT2D eigenvalue weighted by Crippen LogP contribution is 2.15. The summed E-state index contributed by atoms with van der Waals surface area (Å²) in [7, 11) is 0. The maximum Gasteiger partial charge on any atom is 0.335 e. The molecule has 0 aliphatic rings. The van der Waals surface area contributed by atoms with Crippen molar-refractivity contribution in [2.24, 2.45) is 0 Å². The standard InChI is InChI=1S/C17H15NO2/c1-11-4-3-5-12(2)15(11)9-8-13-6-7-14(17(19)20)10-16(13)18/h3-7,10H,18H2,1-2H3,(H,19,20). The van der Waals surface area contributed by atoms with Crippen LogP contribution in [-0.2, 0) is 0 Å². The molecule has 0 aromatic heterocycles. The first-order valence-electron chi connectivity index (χ1n) is 6.20. The molecule has 0 heterocycles. The van der Waals surface area contributed by atoms with Gasteiger partial charge in [-0.25, -0.2) is 4.79 Å². The number of anilines is 1. The van der Waals surface area contributed by atoms with Gasteiger partial charge in [0.1, 0.15) is 0 Å². The molecule has 0 atom stereocenters. The molecule has 20 heavy (non-hydrogen) atoms. The van der Waals surface area contributed by atoms with E-state index in [1.165, 1.54) is 12.1 Å². The first kappa shape index (κ1) is 13.7. The minimum Gasteiger partial charge on any atom is -0.478 e. The van der Waals surface area contributed by atoms with E-state index in [1.807, 2.05) is 32.0 Å². The Bertz CT molecular complexity index is 716. The summed E-state index contributed by atoms with van der Waals surface area (Å²) in [5, 5.41) is 8.89. The summed E-state index contributed by atoms with van der Waals surface area (Å²) in [6.45, 7) is 4.02. The van der Waals surface area contributed by atoms with Crippen molar-refractivity contribution < 1.29 is 9.90 Å². The van der Waals surface area contributed by atoms with Gasteiger partial charge in [0.25, 0.3) is 0 Å². The van der Waals surface area contributed by atoms with Gasteiger partial charge in [0, 0.05) is 16.8 Å². The maximum atomic E-state index is 10.8. The fourth-order valence-corrected chi connectivity index (χ4v) is 1.95. The van der Waals surface area contributed by atoms with Crippen LogP contribution in [0.5, 0.6) is 0 Å². The Morgan fingerprint density at radius 2 is 1.75 bits per heavy atom. The Hall–Kier alpha value is -2.73. The molecular formula is C17H15NO2. The summed E-state index contributed by atoms with van der Waals surface area (Å²) in [5.41, 5.74) is 10.2. The third-order valence-electron chi connectivity index (χ3n) is 3.10. The largest absolute Gasteiger partial charge is 0.478 e. The normalized spacial score (nSPS) is 9.70. The van der Waals surface area contributed by atoms with Gasteiger partial charge in [0.2, 0.25) is 0 Å². The second-order valence-corrected chi connectivity index (χ2v) is 4.62. The zero-order valence-corrected chi connectivity index (χ0v) is 11.4. The summed E-state index contributed by atoms with van der Waals surface area (Å²) in [6, 6.07) is 10.6. The van der Waals surface area contributed by atoms with E-state index in [0.717, 1.165) is 16.7 Å². The average molecular weight is 265 g/mol. The molecule has 0 spiro atoms. The second-order valence-electron chi connectivity index (χ2n) is 4.62. The van der Waals surface area contributed by atoms with E-state index in [2.05, 4.69) is 11.8 Å². The Morgan fingerprint density at radius 3 is 2.30 bits per heavy atom. The van der Waals surface area contributed by atoms with Crippen LogP contribution < -0.4 is 5.73 Å². The number of benzene rings is 2. The first-order valence-corrected chi connectivity index (χ1v) is 6.20. The van der Waals surface area contributed by atoms with E-state index >= 15 is 0 Å². The topological polar surface area (TPSA) is 63.3 Å². The van der Waals surface area contributed by atoms with E-state index < -0.39 is 5.97 Å². The molecule has 0 radical (unpaired) electrons. The number of carboxylic acid groups (broad SMARTS) is 1. The van der Waals surface area contributed by atoms with Crippen molar-refractivity contribution in [2.75, 3.05) is 5.73 Å². The third kappa shape index (κ3) is 2.81. The molecule has 0 aliphatic heterocycles. The SMILES string of the molecule is Cc1cccc(C)c1C#Cc1ccc(C(=O)O)cc1N. The Morgan fingerprint density at radius 1 is 1.10 bits per heavy atom. The van der Waals surface area contributed by atoms with E-state index in [1.54, 1.807) is 6.07 Å². The minimum absolute atomic E-state index is 0.167. The molecule has 2 aromatic carbocycles. The van der Waals surface area contributed by atoms with Crippen LogP contribution in [0.4, 0.5) is 5.69 Å². The molecule has 2 aromatic rings. The number of hydrogen-bond acceptors (Lipinski definition) is 2. The lowest BCUT2D eigenvalue weighted by Gasteiger charge is -2.02. The van der Waals surface area contributed by atoms with Crippen molar-refractivity contribution in [1.82, 2.24) is 0 Å². The summed E-state index contributed by atoms with van der Waals surface area (Å²) < 4.78 is 0. The van der Waals surface area contributed by atoms with Crippen LogP contribution in [0, 0.1) is 25.7 Å². The minimum atomic E-state index is -0.994. The van der Waals surface area contributed by atoms with Crippen LogP contribution in [0.15, 0.2) is 36.4 Å². The molecule has 2 rings (SSSR count). The van der Waals surface area contributed by atoms with E-state index in [4.69, 9.17) is 10.8 Å². The van der Waals surface area contributed by atoms with E-state index in [9.17, 15) is 4.79 Å². The summed E-state index contributed by atoms with van der Waals surface area (Å²) in [4.78, 5) is 10.8. The monoisotopic (exact) mass is 265 g/mol. The quantitative estimate of drug-likeness (QED) is 0.615. The molecule has 3 heteroatoms. The summed E-state index contributed by atoms with van der Waals surface area (Å²) in [5.74, 6) is 5.12. The number of nitrogens with two attached hydrogens (primary N) is 1. The van der Waals surface area contributed by atoms with Crippen LogP contribution in [0.3, 0.4) is 0 Å². The Kier molecular flexibility index (Phi) is 3.76. The lowest BCUT2D eigenvalue weighted by atomic mass is 10.0. The van der Waals surface area contributed by atoms with Crippen molar-refractivity contribution >= 4 is 11.7 Å². The van der Waals surface area contributed by atoms with Gasteiger partial charge in [-0.3, -0.25) is 0 Å².